The molecule has 0 saturated heterocycles. The van der Waals surface area contributed by atoms with E-state index in [9.17, 15) is 18.0 Å². The molecule has 2 aromatic rings. The Kier molecular flexibility index (Phi) is 3.74. The third kappa shape index (κ3) is 3.34. The predicted octanol–water partition coefficient (Wildman–Crippen LogP) is 3.39. The molecule has 0 aliphatic carbocycles. The molecule has 0 saturated carbocycles. The minimum absolute atomic E-state index is 0.124. The molecule has 6 heteroatoms. The van der Waals surface area contributed by atoms with Crippen molar-refractivity contribution in [2.45, 2.75) is 12.6 Å². The Labute approximate surface area is 112 Å². The van der Waals surface area contributed by atoms with Gasteiger partial charge in [-0.25, -0.2) is 0 Å². The maximum Gasteiger partial charge on any atom is 0.417 e. The van der Waals surface area contributed by atoms with Gasteiger partial charge in [0.2, 0.25) is 0 Å². The van der Waals surface area contributed by atoms with Crippen molar-refractivity contribution in [1.29, 1.82) is 0 Å². The number of aromatic nitrogens is 1. The molecule has 0 atom stereocenters. The number of carboxylic acids is 1. The molecule has 0 radical (unpaired) electrons. The molecule has 1 heterocycles. The highest BCUT2D eigenvalue weighted by Crippen LogP contribution is 2.31. The maximum absolute atomic E-state index is 12.6. The maximum atomic E-state index is 12.6. The quantitative estimate of drug-likeness (QED) is 0.938. The number of carboxylic acid groups (broad SMARTS) is 1. The zero-order valence-corrected chi connectivity index (χ0v) is 10.2. The van der Waals surface area contributed by atoms with Crippen molar-refractivity contribution in [1.82, 2.24) is 4.98 Å². The number of hydrogen-bond acceptors (Lipinski definition) is 2. The largest absolute Gasteiger partial charge is 0.481 e. The molecule has 0 unspecified atom stereocenters. The molecule has 2 rings (SSSR count). The van der Waals surface area contributed by atoms with Crippen molar-refractivity contribution in [3.05, 3.63) is 53.9 Å². The van der Waals surface area contributed by atoms with Gasteiger partial charge in [-0.2, -0.15) is 13.2 Å². The fraction of sp³-hybridized carbons (Fsp3) is 0.143. The van der Waals surface area contributed by atoms with Gasteiger partial charge in [-0.1, -0.05) is 24.3 Å². The average molecular weight is 281 g/mol. The summed E-state index contributed by atoms with van der Waals surface area (Å²) in [7, 11) is 0. The van der Waals surface area contributed by atoms with E-state index in [1.54, 1.807) is 24.3 Å². The third-order valence-corrected chi connectivity index (χ3v) is 2.71. The van der Waals surface area contributed by atoms with E-state index in [0.717, 1.165) is 12.3 Å². The molecule has 1 aromatic carbocycles. The Morgan fingerprint density at radius 2 is 1.75 bits per heavy atom. The summed E-state index contributed by atoms with van der Waals surface area (Å²) in [5.41, 5.74) is 0.658. The van der Waals surface area contributed by atoms with Gasteiger partial charge in [0.05, 0.1) is 12.0 Å². The number of alkyl halides is 3. The molecule has 104 valence electrons. The van der Waals surface area contributed by atoms with Crippen LogP contribution in [-0.4, -0.2) is 16.1 Å². The minimum atomic E-state index is -4.44. The van der Waals surface area contributed by atoms with Crippen LogP contribution in [0.1, 0.15) is 11.1 Å². The van der Waals surface area contributed by atoms with Gasteiger partial charge in [0, 0.05) is 18.0 Å². The Morgan fingerprint density at radius 3 is 2.30 bits per heavy atom. The monoisotopic (exact) mass is 281 g/mol. The molecule has 0 amide bonds. The highest BCUT2D eigenvalue weighted by atomic mass is 19.4. The van der Waals surface area contributed by atoms with E-state index in [1.807, 2.05) is 0 Å². The fourth-order valence-electron chi connectivity index (χ4n) is 1.74. The zero-order chi connectivity index (χ0) is 14.8. The van der Waals surface area contributed by atoms with Crippen LogP contribution in [0.15, 0.2) is 42.7 Å². The van der Waals surface area contributed by atoms with Gasteiger partial charge in [0.1, 0.15) is 0 Å². The summed E-state index contributed by atoms with van der Waals surface area (Å²) in [5.74, 6) is -0.960. The van der Waals surface area contributed by atoms with Crippen molar-refractivity contribution in [3.8, 4) is 11.1 Å². The van der Waals surface area contributed by atoms with Crippen LogP contribution in [0.3, 0.4) is 0 Å². The first-order valence-electron chi connectivity index (χ1n) is 5.69. The van der Waals surface area contributed by atoms with Crippen LogP contribution in [-0.2, 0) is 17.4 Å². The molecule has 20 heavy (non-hydrogen) atoms. The molecule has 0 aliphatic rings. The lowest BCUT2D eigenvalue weighted by Crippen LogP contribution is -2.05. The van der Waals surface area contributed by atoms with Gasteiger partial charge in [-0.05, 0) is 17.2 Å². The van der Waals surface area contributed by atoms with Gasteiger partial charge in [0.15, 0.2) is 0 Å². The summed E-state index contributed by atoms with van der Waals surface area (Å²) in [6.07, 6.45) is -2.46. The first-order valence-corrected chi connectivity index (χ1v) is 5.69. The summed E-state index contributed by atoms with van der Waals surface area (Å²) in [4.78, 5) is 14.1. The van der Waals surface area contributed by atoms with Gasteiger partial charge < -0.3 is 5.11 Å². The van der Waals surface area contributed by atoms with Crippen LogP contribution in [0.25, 0.3) is 11.1 Å². The second-order valence-electron chi connectivity index (χ2n) is 4.23. The van der Waals surface area contributed by atoms with Crippen LogP contribution in [0.5, 0.6) is 0 Å². The summed E-state index contributed by atoms with van der Waals surface area (Å²) in [5, 5.41) is 8.64. The van der Waals surface area contributed by atoms with Crippen LogP contribution in [0.4, 0.5) is 13.2 Å². The van der Waals surface area contributed by atoms with Crippen molar-refractivity contribution >= 4 is 5.97 Å². The van der Waals surface area contributed by atoms with Crippen LogP contribution >= 0.6 is 0 Å². The standard InChI is InChI=1S/C14H10F3NO2/c15-14(16,17)12-6-11(7-18-8-12)10-3-1-9(2-4-10)5-13(19)20/h1-4,6-8H,5H2,(H,19,20). The molecule has 0 aliphatic heterocycles. The Morgan fingerprint density at radius 1 is 1.10 bits per heavy atom. The van der Waals surface area contributed by atoms with E-state index >= 15 is 0 Å². The number of nitrogens with zero attached hydrogens (tertiary/aromatic N) is 1. The summed E-state index contributed by atoms with van der Waals surface area (Å²) in [6, 6.07) is 7.32. The molecule has 1 aromatic heterocycles. The summed E-state index contributed by atoms with van der Waals surface area (Å²) >= 11 is 0. The van der Waals surface area contributed by atoms with Gasteiger partial charge in [-0.3, -0.25) is 9.78 Å². The van der Waals surface area contributed by atoms with Crippen LogP contribution in [0.2, 0.25) is 0 Å². The number of halogens is 3. The molecule has 0 bridgehead atoms. The van der Waals surface area contributed by atoms with E-state index in [2.05, 4.69) is 4.98 Å². The lowest BCUT2D eigenvalue weighted by atomic mass is 10.0. The Balaban J connectivity index is 2.30. The first kappa shape index (κ1) is 14.0. The van der Waals surface area contributed by atoms with Crippen molar-refractivity contribution < 1.29 is 23.1 Å². The van der Waals surface area contributed by atoms with Gasteiger partial charge in [-0.15, -0.1) is 0 Å². The van der Waals surface area contributed by atoms with Crippen molar-refractivity contribution in [3.63, 3.8) is 0 Å². The molecule has 1 N–H and O–H groups in total. The number of pyridine rings is 1. The fourth-order valence-corrected chi connectivity index (χ4v) is 1.74. The van der Waals surface area contributed by atoms with Crippen molar-refractivity contribution in [2.75, 3.05) is 0 Å². The van der Waals surface area contributed by atoms with Gasteiger partial charge >= 0.3 is 12.1 Å². The number of hydrogen-bond donors (Lipinski definition) is 1. The molecular weight excluding hydrogens is 271 g/mol. The smallest absolute Gasteiger partial charge is 0.417 e. The highest BCUT2D eigenvalue weighted by Gasteiger charge is 2.31. The summed E-state index contributed by atoms with van der Waals surface area (Å²) < 4.78 is 37.8. The van der Waals surface area contributed by atoms with Gasteiger partial charge in [0.25, 0.3) is 0 Å². The number of carbonyl (C=O) groups is 1. The predicted molar refractivity (Wildman–Crippen MR) is 66.0 cm³/mol. The second kappa shape index (κ2) is 5.32. The molecular formula is C14H10F3NO2. The summed E-state index contributed by atoms with van der Waals surface area (Å²) in [6.45, 7) is 0. The second-order valence-corrected chi connectivity index (χ2v) is 4.23. The third-order valence-electron chi connectivity index (χ3n) is 2.71. The van der Waals surface area contributed by atoms with Crippen LogP contribution in [0, 0.1) is 0 Å². The van der Waals surface area contributed by atoms with E-state index < -0.39 is 17.7 Å². The number of aliphatic carboxylic acids is 1. The Hall–Kier alpha value is -2.37. The zero-order valence-electron chi connectivity index (χ0n) is 10.2. The van der Waals surface area contributed by atoms with E-state index in [1.165, 1.54) is 6.20 Å². The number of benzene rings is 1. The highest BCUT2D eigenvalue weighted by molar-refractivity contribution is 5.71. The lowest BCUT2D eigenvalue weighted by molar-refractivity contribution is -0.138. The molecule has 3 nitrogen and oxygen atoms in total. The van der Waals surface area contributed by atoms with Crippen molar-refractivity contribution in [2.24, 2.45) is 0 Å². The SMILES string of the molecule is O=C(O)Cc1ccc(-c2cncc(C(F)(F)F)c2)cc1. The normalized spacial score (nSPS) is 11.3. The topological polar surface area (TPSA) is 50.2 Å². The first-order chi connectivity index (χ1) is 9.36. The van der Waals surface area contributed by atoms with E-state index in [4.69, 9.17) is 5.11 Å². The molecule has 0 spiro atoms. The Bertz CT molecular complexity index is 621. The minimum Gasteiger partial charge on any atom is -0.481 e. The number of rotatable bonds is 3. The lowest BCUT2D eigenvalue weighted by Gasteiger charge is -2.08. The van der Waals surface area contributed by atoms with Crippen LogP contribution < -0.4 is 0 Å². The average Bonchev–Trinajstić information content (AvgIpc) is 2.38. The molecule has 0 fully saturated rings. The van der Waals surface area contributed by atoms with E-state index in [-0.39, 0.29) is 6.42 Å². The van der Waals surface area contributed by atoms with E-state index in [0.29, 0.717) is 16.7 Å².